The van der Waals surface area contributed by atoms with Crippen LogP contribution in [0.1, 0.15) is 12.2 Å². The summed E-state index contributed by atoms with van der Waals surface area (Å²) in [5.74, 6) is -0.269. The minimum absolute atomic E-state index is 0.0380. The maximum absolute atomic E-state index is 12.4. The molecule has 31 heavy (non-hydrogen) atoms. The first-order chi connectivity index (χ1) is 15.1. The van der Waals surface area contributed by atoms with Gasteiger partial charge in [0.1, 0.15) is 5.82 Å². The molecule has 4 rings (SSSR count). The van der Waals surface area contributed by atoms with Gasteiger partial charge in [0.2, 0.25) is 0 Å². The van der Waals surface area contributed by atoms with E-state index in [-0.39, 0.29) is 30.9 Å². The Bertz CT molecular complexity index is 1120. The Morgan fingerprint density at radius 2 is 1.68 bits per heavy atom. The molecule has 0 bridgehead atoms. The second-order valence-electron chi connectivity index (χ2n) is 7.39. The lowest BCUT2D eigenvalue weighted by Crippen LogP contribution is -2.49. The summed E-state index contributed by atoms with van der Waals surface area (Å²) in [7, 11) is 0. The fourth-order valence-electron chi connectivity index (χ4n) is 3.63. The Morgan fingerprint density at radius 3 is 2.45 bits per heavy atom. The lowest BCUT2D eigenvalue weighted by Gasteiger charge is -2.36. The minimum Gasteiger partial charge on any atom is -0.456 e. The molecule has 8 nitrogen and oxygen atoms in total. The molecule has 1 amide bonds. The normalized spacial score (nSPS) is 13.9. The molecule has 1 fully saturated rings. The summed E-state index contributed by atoms with van der Waals surface area (Å²) < 4.78 is 5.14. The van der Waals surface area contributed by atoms with Crippen LogP contribution in [0.5, 0.6) is 0 Å². The zero-order chi connectivity index (χ0) is 21.6. The average Bonchev–Trinajstić information content (AvgIpc) is 2.82. The Morgan fingerprint density at radius 1 is 0.968 bits per heavy atom. The van der Waals surface area contributed by atoms with E-state index in [1.807, 2.05) is 18.2 Å². The Hall–Kier alpha value is -3.68. The topological polar surface area (TPSA) is 95.6 Å². The van der Waals surface area contributed by atoms with Crippen molar-refractivity contribution in [1.29, 1.82) is 0 Å². The number of benzene rings is 2. The number of fused-ring (bicyclic) bond motifs is 1. The number of aryl methyl sites for hydroxylation is 1. The highest BCUT2D eigenvalue weighted by molar-refractivity contribution is 5.81. The van der Waals surface area contributed by atoms with Crippen molar-refractivity contribution < 1.29 is 14.3 Å². The Labute approximate surface area is 179 Å². The monoisotopic (exact) mass is 420 g/mol. The number of hydrogen-bond donors (Lipinski definition) is 1. The second kappa shape index (κ2) is 9.42. The number of carbonyl (C=O) groups excluding carboxylic acids is 2. The molecule has 160 valence electrons. The van der Waals surface area contributed by atoms with Crippen LogP contribution in [0.25, 0.3) is 10.9 Å². The first-order valence-corrected chi connectivity index (χ1v) is 10.3. The summed E-state index contributed by atoms with van der Waals surface area (Å²) in [6.07, 6.45) is 0.277. The van der Waals surface area contributed by atoms with Gasteiger partial charge in [-0.15, -0.1) is 0 Å². The molecule has 1 aliphatic rings. The average molecular weight is 420 g/mol. The van der Waals surface area contributed by atoms with E-state index in [1.54, 1.807) is 29.2 Å². The number of aromatic amines is 1. The van der Waals surface area contributed by atoms with Crippen molar-refractivity contribution >= 4 is 28.5 Å². The number of piperazine rings is 1. The van der Waals surface area contributed by atoms with Crippen molar-refractivity contribution in [1.82, 2.24) is 14.9 Å². The summed E-state index contributed by atoms with van der Waals surface area (Å²) in [6, 6.07) is 17.1. The number of ether oxygens (including phenoxy) is 1. The molecule has 1 saturated heterocycles. The summed E-state index contributed by atoms with van der Waals surface area (Å²) in [6.45, 7) is 2.39. The van der Waals surface area contributed by atoms with Gasteiger partial charge in [-0.2, -0.15) is 0 Å². The number of hydrogen-bond acceptors (Lipinski definition) is 6. The fraction of sp³-hybridized carbons (Fsp3) is 0.304. The van der Waals surface area contributed by atoms with Crippen LogP contribution in [-0.4, -0.2) is 59.5 Å². The molecule has 1 aromatic heterocycles. The number of aromatic nitrogens is 2. The molecule has 0 spiro atoms. The molecule has 2 heterocycles. The third-order valence-electron chi connectivity index (χ3n) is 5.34. The standard InChI is InChI=1S/C23H24N4O4/c28-21(27-14-12-26(13-15-27)17-6-2-1-3-7-17)16-31-22(29)11-10-20-24-19-9-5-4-8-18(19)23(30)25-20/h1-9H,10-16H2,(H,24,25,30). The van der Waals surface area contributed by atoms with Gasteiger partial charge in [-0.05, 0) is 24.3 Å². The number of amides is 1. The number of nitrogens with zero attached hydrogens (tertiary/aromatic N) is 3. The first kappa shape index (κ1) is 20.6. The second-order valence-corrected chi connectivity index (χ2v) is 7.39. The van der Waals surface area contributed by atoms with Crippen LogP contribution in [0.2, 0.25) is 0 Å². The molecule has 0 atom stereocenters. The van der Waals surface area contributed by atoms with E-state index in [0.717, 1.165) is 18.8 Å². The number of nitrogens with one attached hydrogen (secondary N) is 1. The van der Waals surface area contributed by atoms with Crippen LogP contribution in [0, 0.1) is 0 Å². The van der Waals surface area contributed by atoms with Crippen LogP contribution in [0.4, 0.5) is 5.69 Å². The third kappa shape index (κ3) is 5.09. The molecular formula is C23H24N4O4. The largest absolute Gasteiger partial charge is 0.456 e. The van der Waals surface area contributed by atoms with E-state index >= 15 is 0 Å². The fourth-order valence-corrected chi connectivity index (χ4v) is 3.63. The predicted octanol–water partition coefficient (Wildman–Crippen LogP) is 1.75. The van der Waals surface area contributed by atoms with Crippen molar-refractivity contribution in [3.8, 4) is 0 Å². The van der Waals surface area contributed by atoms with Gasteiger partial charge in [0.15, 0.2) is 6.61 Å². The van der Waals surface area contributed by atoms with Gasteiger partial charge in [-0.1, -0.05) is 30.3 Å². The van der Waals surface area contributed by atoms with Crippen LogP contribution in [-0.2, 0) is 20.7 Å². The molecule has 3 aromatic rings. The van der Waals surface area contributed by atoms with Gasteiger partial charge >= 0.3 is 5.97 Å². The SMILES string of the molecule is O=C(CCc1nc2ccccc2c(=O)[nH]1)OCC(=O)N1CCN(c2ccccc2)CC1. The summed E-state index contributed by atoms with van der Waals surface area (Å²) in [5.41, 5.74) is 1.49. The van der Waals surface area contributed by atoms with Gasteiger partial charge in [0.05, 0.1) is 17.3 Å². The number of para-hydroxylation sites is 2. The van der Waals surface area contributed by atoms with E-state index in [0.29, 0.717) is 29.8 Å². The van der Waals surface area contributed by atoms with Crippen LogP contribution in [0.15, 0.2) is 59.4 Å². The highest BCUT2D eigenvalue weighted by atomic mass is 16.5. The first-order valence-electron chi connectivity index (χ1n) is 10.3. The lowest BCUT2D eigenvalue weighted by atomic mass is 10.2. The molecule has 0 saturated carbocycles. The number of rotatable bonds is 6. The van der Waals surface area contributed by atoms with Gasteiger partial charge in [0.25, 0.3) is 11.5 Å². The molecular weight excluding hydrogens is 396 g/mol. The lowest BCUT2D eigenvalue weighted by molar-refractivity contribution is -0.152. The Kier molecular flexibility index (Phi) is 6.26. The zero-order valence-electron chi connectivity index (χ0n) is 17.1. The molecule has 0 radical (unpaired) electrons. The number of carbonyl (C=O) groups is 2. The van der Waals surface area contributed by atoms with Gasteiger partial charge in [-0.25, -0.2) is 4.98 Å². The van der Waals surface area contributed by atoms with E-state index in [2.05, 4.69) is 27.0 Å². The smallest absolute Gasteiger partial charge is 0.306 e. The highest BCUT2D eigenvalue weighted by Crippen LogP contribution is 2.15. The molecule has 0 aliphatic carbocycles. The summed E-state index contributed by atoms with van der Waals surface area (Å²) >= 11 is 0. The van der Waals surface area contributed by atoms with Gasteiger partial charge in [0, 0.05) is 38.3 Å². The molecule has 2 aromatic carbocycles. The zero-order valence-corrected chi connectivity index (χ0v) is 17.1. The van der Waals surface area contributed by atoms with E-state index in [1.165, 1.54) is 0 Å². The highest BCUT2D eigenvalue weighted by Gasteiger charge is 2.22. The van der Waals surface area contributed by atoms with Crippen molar-refractivity contribution in [3.63, 3.8) is 0 Å². The summed E-state index contributed by atoms with van der Waals surface area (Å²) in [5, 5.41) is 0.506. The van der Waals surface area contributed by atoms with Crippen molar-refractivity contribution in [2.45, 2.75) is 12.8 Å². The Balaban J connectivity index is 1.22. The van der Waals surface area contributed by atoms with E-state index < -0.39 is 5.97 Å². The van der Waals surface area contributed by atoms with Crippen molar-refractivity contribution in [2.24, 2.45) is 0 Å². The van der Waals surface area contributed by atoms with E-state index in [9.17, 15) is 14.4 Å². The van der Waals surface area contributed by atoms with Crippen molar-refractivity contribution in [3.05, 3.63) is 70.8 Å². The molecule has 1 aliphatic heterocycles. The van der Waals surface area contributed by atoms with Crippen LogP contribution >= 0.6 is 0 Å². The van der Waals surface area contributed by atoms with Gasteiger partial charge < -0.3 is 19.5 Å². The van der Waals surface area contributed by atoms with Crippen LogP contribution < -0.4 is 10.5 Å². The van der Waals surface area contributed by atoms with Gasteiger partial charge in [-0.3, -0.25) is 14.4 Å². The number of esters is 1. The molecule has 8 heteroatoms. The van der Waals surface area contributed by atoms with Crippen LogP contribution in [0.3, 0.4) is 0 Å². The maximum Gasteiger partial charge on any atom is 0.306 e. The molecule has 0 unspecified atom stereocenters. The number of H-pyrrole nitrogens is 1. The van der Waals surface area contributed by atoms with Crippen molar-refractivity contribution in [2.75, 3.05) is 37.7 Å². The summed E-state index contributed by atoms with van der Waals surface area (Å²) in [4.78, 5) is 47.5. The predicted molar refractivity (Wildman–Crippen MR) is 117 cm³/mol. The minimum atomic E-state index is -0.493. The third-order valence-corrected chi connectivity index (χ3v) is 5.34. The molecule has 1 N–H and O–H groups in total. The quantitative estimate of drug-likeness (QED) is 0.611. The number of anilines is 1. The van der Waals surface area contributed by atoms with E-state index in [4.69, 9.17) is 4.74 Å². The maximum atomic E-state index is 12.4.